The van der Waals surface area contributed by atoms with E-state index in [-0.39, 0.29) is 22.9 Å². The topological polar surface area (TPSA) is 139 Å². The quantitative estimate of drug-likeness (QED) is 0.481. The minimum Gasteiger partial charge on any atom is -0.493 e. The Labute approximate surface area is 158 Å². The summed E-state index contributed by atoms with van der Waals surface area (Å²) >= 11 is 0. The van der Waals surface area contributed by atoms with Crippen molar-refractivity contribution in [2.75, 3.05) is 11.9 Å². The first-order chi connectivity index (χ1) is 13.7. The van der Waals surface area contributed by atoms with E-state index in [1.165, 1.54) is 0 Å². The molecule has 1 aromatic carbocycles. The Morgan fingerprint density at radius 1 is 1.25 bits per heavy atom. The van der Waals surface area contributed by atoms with Crippen molar-refractivity contribution < 1.29 is 9.53 Å². The minimum atomic E-state index is -0.423. The van der Waals surface area contributed by atoms with Gasteiger partial charge in [0.05, 0.1) is 12.2 Å². The second-order valence-electron chi connectivity index (χ2n) is 5.74. The Morgan fingerprint density at radius 3 is 2.93 bits per heavy atom. The molecule has 0 atom stereocenters. The van der Waals surface area contributed by atoms with Crippen LogP contribution in [-0.4, -0.2) is 42.9 Å². The van der Waals surface area contributed by atoms with Gasteiger partial charge in [-0.1, -0.05) is 11.3 Å². The lowest BCUT2D eigenvalue weighted by molar-refractivity contribution is 0.102. The monoisotopic (exact) mass is 377 g/mol. The first-order valence-corrected chi connectivity index (χ1v) is 8.46. The fourth-order valence-corrected chi connectivity index (χ4v) is 2.65. The number of carbonyl (C=O) groups excluding carboxylic acids is 1. The number of anilines is 1. The van der Waals surface area contributed by atoms with Crippen LogP contribution in [0.25, 0.3) is 22.6 Å². The van der Waals surface area contributed by atoms with E-state index in [0.29, 0.717) is 29.3 Å². The molecular formula is C18H15N7O3. The van der Waals surface area contributed by atoms with Gasteiger partial charge in [-0.25, -0.2) is 15.1 Å². The van der Waals surface area contributed by atoms with Crippen molar-refractivity contribution in [3.05, 3.63) is 58.5 Å². The van der Waals surface area contributed by atoms with Gasteiger partial charge in [0.2, 0.25) is 0 Å². The van der Waals surface area contributed by atoms with Crippen LogP contribution < -0.4 is 15.6 Å². The maximum atomic E-state index is 12.5. The number of ether oxygens (including phenoxy) is 1. The van der Waals surface area contributed by atoms with Crippen molar-refractivity contribution >= 4 is 22.9 Å². The summed E-state index contributed by atoms with van der Waals surface area (Å²) < 4.78 is 5.67. The number of aromatic nitrogens is 6. The van der Waals surface area contributed by atoms with Gasteiger partial charge in [0, 0.05) is 11.8 Å². The maximum Gasteiger partial charge on any atom is 0.281 e. The highest BCUT2D eigenvalue weighted by atomic mass is 16.5. The number of aromatic amines is 2. The van der Waals surface area contributed by atoms with Crippen molar-refractivity contribution in [3.63, 3.8) is 0 Å². The number of benzene rings is 1. The molecule has 3 heterocycles. The lowest BCUT2D eigenvalue weighted by Crippen LogP contribution is -2.14. The number of carbonyl (C=O) groups is 1. The Kier molecular flexibility index (Phi) is 4.50. The molecular weight excluding hydrogens is 362 g/mol. The van der Waals surface area contributed by atoms with E-state index < -0.39 is 5.56 Å². The highest BCUT2D eigenvalue weighted by Gasteiger charge is 2.16. The predicted octanol–water partition coefficient (Wildman–Crippen LogP) is 1.75. The standard InChI is InChI=1S/C18H15N7O3/c1-2-28-12-9-10(17(26)20-13-5-3-4-8-19-13)6-7-11(12)15-21-16-14(18(27)22-15)23-25-24-16/h3-9H,2H2,1H3,(H,19,20,26)(H2,21,22,23,24,25,27). The normalized spacial score (nSPS) is 10.8. The molecule has 0 saturated carbocycles. The van der Waals surface area contributed by atoms with E-state index in [9.17, 15) is 9.59 Å². The average Bonchev–Trinajstić information content (AvgIpc) is 3.18. The van der Waals surface area contributed by atoms with Gasteiger partial charge in [-0.2, -0.15) is 0 Å². The van der Waals surface area contributed by atoms with E-state index in [1.54, 1.807) is 42.6 Å². The summed E-state index contributed by atoms with van der Waals surface area (Å²) in [5, 5.41) is 12.6. The van der Waals surface area contributed by atoms with Crippen LogP contribution in [0.3, 0.4) is 0 Å². The van der Waals surface area contributed by atoms with Gasteiger partial charge in [0.1, 0.15) is 17.4 Å². The third-order valence-electron chi connectivity index (χ3n) is 3.91. The number of hydrogen-bond acceptors (Lipinski definition) is 7. The summed E-state index contributed by atoms with van der Waals surface area (Å²) in [6.07, 6.45) is 1.59. The van der Waals surface area contributed by atoms with Crippen LogP contribution in [0.15, 0.2) is 47.4 Å². The Hall–Kier alpha value is -4.08. The van der Waals surface area contributed by atoms with Gasteiger partial charge in [-0.15, -0.1) is 5.10 Å². The molecule has 0 fully saturated rings. The van der Waals surface area contributed by atoms with Crippen molar-refractivity contribution in [1.29, 1.82) is 0 Å². The molecule has 0 aliphatic rings. The number of pyridine rings is 1. The fraction of sp³-hybridized carbons (Fsp3) is 0.111. The third-order valence-corrected chi connectivity index (χ3v) is 3.91. The van der Waals surface area contributed by atoms with Crippen molar-refractivity contribution in [2.24, 2.45) is 0 Å². The summed E-state index contributed by atoms with van der Waals surface area (Å²) in [7, 11) is 0. The third kappa shape index (κ3) is 3.30. The largest absolute Gasteiger partial charge is 0.493 e. The number of rotatable bonds is 5. The Morgan fingerprint density at radius 2 is 2.14 bits per heavy atom. The molecule has 140 valence electrons. The molecule has 3 N–H and O–H groups in total. The Bertz CT molecular complexity index is 1200. The lowest BCUT2D eigenvalue weighted by atomic mass is 10.1. The molecule has 0 radical (unpaired) electrons. The smallest absolute Gasteiger partial charge is 0.281 e. The molecule has 0 spiro atoms. The van der Waals surface area contributed by atoms with Gasteiger partial charge < -0.3 is 15.0 Å². The molecule has 3 aromatic heterocycles. The van der Waals surface area contributed by atoms with Gasteiger partial charge >= 0.3 is 0 Å². The molecule has 0 saturated heterocycles. The summed E-state index contributed by atoms with van der Waals surface area (Å²) in [5.41, 5.74) is 0.869. The van der Waals surface area contributed by atoms with Crippen LogP contribution in [0.1, 0.15) is 17.3 Å². The zero-order valence-corrected chi connectivity index (χ0v) is 14.8. The average molecular weight is 377 g/mol. The number of nitrogens with zero attached hydrogens (tertiary/aromatic N) is 4. The fourth-order valence-electron chi connectivity index (χ4n) is 2.65. The zero-order valence-electron chi connectivity index (χ0n) is 14.8. The molecule has 10 nitrogen and oxygen atoms in total. The lowest BCUT2D eigenvalue weighted by Gasteiger charge is -2.12. The van der Waals surface area contributed by atoms with Gasteiger partial charge in [0.25, 0.3) is 11.5 Å². The molecule has 1 amide bonds. The molecule has 4 aromatic rings. The maximum absolute atomic E-state index is 12.5. The number of fused-ring (bicyclic) bond motifs is 1. The SMILES string of the molecule is CCOc1cc(C(=O)Nc2ccccn2)ccc1-c1nc2[nH]nnc2c(=O)[nH]1. The molecule has 0 unspecified atom stereocenters. The first-order valence-electron chi connectivity index (χ1n) is 8.46. The summed E-state index contributed by atoms with van der Waals surface area (Å²) in [5.74, 6) is 0.799. The van der Waals surface area contributed by atoms with Crippen molar-refractivity contribution in [3.8, 4) is 17.1 Å². The molecule has 28 heavy (non-hydrogen) atoms. The van der Waals surface area contributed by atoms with Crippen molar-refractivity contribution in [2.45, 2.75) is 6.92 Å². The summed E-state index contributed by atoms with van der Waals surface area (Å²) in [6, 6.07) is 10.1. The van der Waals surface area contributed by atoms with Crippen LogP contribution in [0.5, 0.6) is 5.75 Å². The number of hydrogen-bond donors (Lipinski definition) is 3. The van der Waals surface area contributed by atoms with E-state index in [2.05, 4.69) is 35.7 Å². The molecule has 0 bridgehead atoms. The highest BCUT2D eigenvalue weighted by Crippen LogP contribution is 2.29. The summed E-state index contributed by atoms with van der Waals surface area (Å²) in [4.78, 5) is 35.7. The van der Waals surface area contributed by atoms with E-state index >= 15 is 0 Å². The minimum absolute atomic E-state index is 0.119. The van der Waals surface area contributed by atoms with Crippen molar-refractivity contribution in [1.82, 2.24) is 30.4 Å². The molecule has 0 aliphatic heterocycles. The first kappa shape index (κ1) is 17.3. The van der Waals surface area contributed by atoms with Gasteiger partial charge in [-0.05, 0) is 37.3 Å². The second kappa shape index (κ2) is 7.27. The molecule has 0 aliphatic carbocycles. The van der Waals surface area contributed by atoms with E-state index in [4.69, 9.17) is 4.74 Å². The predicted molar refractivity (Wildman–Crippen MR) is 101 cm³/mol. The van der Waals surface area contributed by atoms with Crippen LogP contribution in [0.4, 0.5) is 5.82 Å². The number of nitrogens with one attached hydrogen (secondary N) is 3. The van der Waals surface area contributed by atoms with E-state index in [1.807, 2.05) is 6.92 Å². The Balaban J connectivity index is 1.72. The van der Waals surface area contributed by atoms with E-state index in [0.717, 1.165) is 0 Å². The zero-order chi connectivity index (χ0) is 19.5. The van der Waals surface area contributed by atoms with Crippen LogP contribution in [-0.2, 0) is 0 Å². The van der Waals surface area contributed by atoms with Gasteiger partial charge in [0.15, 0.2) is 11.2 Å². The van der Waals surface area contributed by atoms with Crippen LogP contribution in [0.2, 0.25) is 0 Å². The molecule has 10 heteroatoms. The van der Waals surface area contributed by atoms with Crippen LogP contribution >= 0.6 is 0 Å². The molecule has 4 rings (SSSR count). The van der Waals surface area contributed by atoms with Crippen LogP contribution in [0, 0.1) is 0 Å². The second-order valence-corrected chi connectivity index (χ2v) is 5.74. The van der Waals surface area contributed by atoms with Gasteiger partial charge in [-0.3, -0.25) is 9.59 Å². The highest BCUT2D eigenvalue weighted by molar-refractivity contribution is 6.04. The summed E-state index contributed by atoms with van der Waals surface area (Å²) in [6.45, 7) is 2.19. The number of H-pyrrole nitrogens is 2. The number of amides is 1.